The number of nitrogens with one attached hydrogen (secondary N) is 1. The highest BCUT2D eigenvalue weighted by Crippen LogP contribution is 2.09. The van der Waals surface area contributed by atoms with E-state index in [1.165, 1.54) is 0 Å². The summed E-state index contributed by atoms with van der Waals surface area (Å²) in [7, 11) is 0. The van der Waals surface area contributed by atoms with E-state index in [2.05, 4.69) is 15.7 Å². The van der Waals surface area contributed by atoms with E-state index in [9.17, 15) is 4.91 Å². The number of amidine groups is 1. The summed E-state index contributed by atoms with van der Waals surface area (Å²) < 4.78 is 0. The van der Waals surface area contributed by atoms with Gasteiger partial charge in [-0.05, 0) is 19.1 Å². The molecule has 1 N–H and O–H groups in total. The van der Waals surface area contributed by atoms with Crippen molar-refractivity contribution < 1.29 is 0 Å². The minimum Gasteiger partial charge on any atom is -0.234 e. The molecule has 0 spiro atoms. The van der Waals surface area contributed by atoms with Gasteiger partial charge in [0.05, 0.1) is 11.0 Å². The summed E-state index contributed by atoms with van der Waals surface area (Å²) in [5.74, 6) is 0.483. The molecule has 0 bridgehead atoms. The van der Waals surface area contributed by atoms with Gasteiger partial charge in [0.2, 0.25) is 0 Å². The molecular formula is C8H9N3O. The lowest BCUT2D eigenvalue weighted by molar-refractivity contribution is 1.00. The van der Waals surface area contributed by atoms with Crippen molar-refractivity contribution in [2.24, 2.45) is 10.3 Å². The fourth-order valence-corrected chi connectivity index (χ4v) is 0.787. The van der Waals surface area contributed by atoms with E-state index >= 15 is 0 Å². The SMILES string of the molecule is CC(=Nc1ccccc1)NN=O. The van der Waals surface area contributed by atoms with Crippen LogP contribution >= 0.6 is 0 Å². The maximum Gasteiger partial charge on any atom is 0.122 e. The van der Waals surface area contributed by atoms with Gasteiger partial charge in [-0.3, -0.25) is 0 Å². The van der Waals surface area contributed by atoms with E-state index in [1.54, 1.807) is 6.92 Å². The quantitative estimate of drug-likeness (QED) is 0.314. The molecule has 1 aromatic rings. The Labute approximate surface area is 70.3 Å². The monoisotopic (exact) mass is 163 g/mol. The van der Waals surface area contributed by atoms with Gasteiger partial charge in [0, 0.05) is 0 Å². The van der Waals surface area contributed by atoms with Crippen molar-refractivity contribution >= 4 is 11.5 Å². The third-order valence-corrected chi connectivity index (χ3v) is 1.26. The van der Waals surface area contributed by atoms with Gasteiger partial charge in [0.25, 0.3) is 0 Å². The second-order valence-corrected chi connectivity index (χ2v) is 2.24. The van der Waals surface area contributed by atoms with Crippen LogP contribution in [0.15, 0.2) is 40.6 Å². The first-order valence-electron chi connectivity index (χ1n) is 3.51. The first-order chi connectivity index (χ1) is 5.83. The Kier molecular flexibility index (Phi) is 2.95. The topological polar surface area (TPSA) is 53.8 Å². The Morgan fingerprint density at radius 2 is 2.00 bits per heavy atom. The number of hydrogen-bond donors (Lipinski definition) is 1. The summed E-state index contributed by atoms with van der Waals surface area (Å²) in [6, 6.07) is 9.34. The molecule has 0 atom stereocenters. The van der Waals surface area contributed by atoms with Crippen molar-refractivity contribution in [2.75, 3.05) is 0 Å². The van der Waals surface area contributed by atoms with E-state index in [1.807, 2.05) is 30.3 Å². The Morgan fingerprint density at radius 3 is 2.58 bits per heavy atom. The number of rotatable bonds is 2. The third-order valence-electron chi connectivity index (χ3n) is 1.26. The number of nitroso groups, excluding NO2 is 1. The zero-order valence-electron chi connectivity index (χ0n) is 6.69. The molecule has 0 fully saturated rings. The van der Waals surface area contributed by atoms with Gasteiger partial charge in [-0.25, -0.2) is 10.4 Å². The van der Waals surface area contributed by atoms with Crippen LogP contribution in [0.2, 0.25) is 0 Å². The standard InChI is InChI=1S/C8H9N3O/c1-7(10-11-12)9-8-5-3-2-4-6-8/h2-6H,1H3,(H,9,10,12). The predicted molar refractivity (Wildman–Crippen MR) is 48.1 cm³/mol. The third kappa shape index (κ3) is 2.49. The van der Waals surface area contributed by atoms with Gasteiger partial charge < -0.3 is 0 Å². The molecule has 0 aliphatic rings. The lowest BCUT2D eigenvalue weighted by atomic mass is 10.3. The summed E-state index contributed by atoms with van der Waals surface area (Å²) in [4.78, 5) is 13.8. The normalized spacial score (nSPS) is 10.9. The van der Waals surface area contributed by atoms with Crippen LogP contribution in [0.25, 0.3) is 0 Å². The van der Waals surface area contributed by atoms with Gasteiger partial charge in [0.1, 0.15) is 5.84 Å². The smallest absolute Gasteiger partial charge is 0.122 e. The van der Waals surface area contributed by atoms with Crippen LogP contribution in [0, 0.1) is 4.91 Å². The van der Waals surface area contributed by atoms with Gasteiger partial charge in [-0.2, -0.15) is 0 Å². The van der Waals surface area contributed by atoms with E-state index in [-0.39, 0.29) is 0 Å². The highest BCUT2D eigenvalue weighted by Gasteiger charge is 1.88. The first kappa shape index (κ1) is 8.39. The summed E-state index contributed by atoms with van der Waals surface area (Å²) in [6.45, 7) is 1.68. The molecule has 0 radical (unpaired) electrons. The molecule has 12 heavy (non-hydrogen) atoms. The zero-order valence-corrected chi connectivity index (χ0v) is 6.69. The average molecular weight is 163 g/mol. The Hall–Kier alpha value is -1.71. The van der Waals surface area contributed by atoms with E-state index < -0.39 is 0 Å². The molecule has 0 saturated heterocycles. The largest absolute Gasteiger partial charge is 0.234 e. The molecule has 0 heterocycles. The molecule has 0 aliphatic heterocycles. The Morgan fingerprint density at radius 1 is 1.33 bits per heavy atom. The molecule has 0 aliphatic carbocycles. The number of aliphatic imine (C=N–C) groups is 1. The fourth-order valence-electron chi connectivity index (χ4n) is 0.787. The van der Waals surface area contributed by atoms with Crippen LogP contribution in [0.5, 0.6) is 0 Å². The van der Waals surface area contributed by atoms with Crippen molar-refractivity contribution in [1.29, 1.82) is 0 Å². The van der Waals surface area contributed by atoms with Crippen molar-refractivity contribution in [3.05, 3.63) is 35.2 Å². The first-order valence-corrected chi connectivity index (χ1v) is 3.51. The highest BCUT2D eigenvalue weighted by atomic mass is 16.3. The molecule has 4 heteroatoms. The van der Waals surface area contributed by atoms with Crippen molar-refractivity contribution in [2.45, 2.75) is 6.92 Å². The Balaban J connectivity index is 2.74. The van der Waals surface area contributed by atoms with Crippen LogP contribution in [0.3, 0.4) is 0 Å². The van der Waals surface area contributed by atoms with Gasteiger partial charge in [-0.15, -0.1) is 4.91 Å². The van der Waals surface area contributed by atoms with Gasteiger partial charge in [0.15, 0.2) is 0 Å². The molecule has 4 nitrogen and oxygen atoms in total. The number of benzene rings is 1. The number of para-hydroxylation sites is 1. The number of hydrogen-bond acceptors (Lipinski definition) is 3. The minimum atomic E-state index is 0.483. The molecule has 62 valence electrons. The summed E-state index contributed by atoms with van der Waals surface area (Å²) in [5, 5.41) is 2.50. The van der Waals surface area contributed by atoms with Crippen molar-refractivity contribution in [3.63, 3.8) is 0 Å². The lowest BCUT2D eigenvalue weighted by Gasteiger charge is -1.95. The van der Waals surface area contributed by atoms with E-state index in [4.69, 9.17) is 0 Å². The van der Waals surface area contributed by atoms with Gasteiger partial charge in [-0.1, -0.05) is 18.2 Å². The van der Waals surface area contributed by atoms with Gasteiger partial charge >= 0.3 is 0 Å². The molecular weight excluding hydrogens is 154 g/mol. The molecule has 0 amide bonds. The van der Waals surface area contributed by atoms with Crippen LogP contribution in [-0.4, -0.2) is 5.84 Å². The Bertz CT molecular complexity index is 282. The molecule has 0 unspecified atom stereocenters. The summed E-state index contributed by atoms with van der Waals surface area (Å²) in [6.07, 6.45) is 0. The average Bonchev–Trinajstić information content (AvgIpc) is 2.06. The fraction of sp³-hybridized carbons (Fsp3) is 0.125. The van der Waals surface area contributed by atoms with Crippen LogP contribution in [0.1, 0.15) is 6.92 Å². The maximum atomic E-state index is 9.76. The predicted octanol–water partition coefficient (Wildman–Crippen LogP) is 2.01. The van der Waals surface area contributed by atoms with Crippen LogP contribution in [0.4, 0.5) is 5.69 Å². The summed E-state index contributed by atoms with van der Waals surface area (Å²) >= 11 is 0. The molecule has 0 aromatic heterocycles. The van der Waals surface area contributed by atoms with E-state index in [0.29, 0.717) is 5.84 Å². The van der Waals surface area contributed by atoms with E-state index in [0.717, 1.165) is 5.69 Å². The summed E-state index contributed by atoms with van der Waals surface area (Å²) in [5.41, 5.74) is 3.01. The van der Waals surface area contributed by atoms with Crippen molar-refractivity contribution in [1.82, 2.24) is 5.43 Å². The number of nitrogens with zero attached hydrogens (tertiary/aromatic N) is 2. The van der Waals surface area contributed by atoms with Crippen molar-refractivity contribution in [3.8, 4) is 0 Å². The molecule has 0 saturated carbocycles. The molecule has 1 aromatic carbocycles. The highest BCUT2D eigenvalue weighted by molar-refractivity contribution is 5.81. The van der Waals surface area contributed by atoms with Crippen LogP contribution in [-0.2, 0) is 0 Å². The second kappa shape index (κ2) is 4.23. The minimum absolute atomic E-state index is 0.483. The lowest BCUT2D eigenvalue weighted by Crippen LogP contribution is -2.11. The van der Waals surface area contributed by atoms with Crippen LogP contribution < -0.4 is 5.43 Å². The second-order valence-electron chi connectivity index (χ2n) is 2.24. The zero-order chi connectivity index (χ0) is 8.81. The maximum absolute atomic E-state index is 9.76. The molecule has 1 rings (SSSR count).